The Morgan fingerprint density at radius 3 is 2.00 bits per heavy atom. The monoisotopic (exact) mass is 667 g/mol. The zero-order chi connectivity index (χ0) is 34.6. The van der Waals surface area contributed by atoms with E-state index in [-0.39, 0.29) is 5.41 Å². The molecular weight excluding hydrogens is 635 g/mol. The van der Waals surface area contributed by atoms with Crippen LogP contribution in [-0.4, -0.2) is 0 Å². The molecular formula is C49H33NO2. The molecule has 0 N–H and O–H groups in total. The minimum absolute atomic E-state index is 0.149. The van der Waals surface area contributed by atoms with Crippen molar-refractivity contribution in [2.45, 2.75) is 19.3 Å². The van der Waals surface area contributed by atoms with E-state index >= 15 is 0 Å². The van der Waals surface area contributed by atoms with Crippen molar-refractivity contribution in [2.75, 3.05) is 4.90 Å². The summed E-state index contributed by atoms with van der Waals surface area (Å²) < 4.78 is 13.4. The molecule has 52 heavy (non-hydrogen) atoms. The zero-order valence-corrected chi connectivity index (χ0v) is 28.9. The van der Waals surface area contributed by atoms with Gasteiger partial charge in [-0.25, -0.2) is 0 Å². The second-order valence-electron chi connectivity index (χ2n) is 14.4. The van der Waals surface area contributed by atoms with Crippen molar-refractivity contribution >= 4 is 71.7 Å². The van der Waals surface area contributed by atoms with Crippen LogP contribution in [0, 0.1) is 0 Å². The van der Waals surface area contributed by atoms with Crippen LogP contribution in [0.5, 0.6) is 0 Å². The van der Waals surface area contributed by atoms with Gasteiger partial charge < -0.3 is 13.7 Å². The summed E-state index contributed by atoms with van der Waals surface area (Å²) in [4.78, 5) is 2.43. The Hall–Kier alpha value is -6.58. The van der Waals surface area contributed by atoms with Gasteiger partial charge in [0.05, 0.1) is 16.8 Å². The highest BCUT2D eigenvalue weighted by Crippen LogP contribution is 2.53. The van der Waals surface area contributed by atoms with E-state index in [2.05, 4.69) is 176 Å². The fourth-order valence-corrected chi connectivity index (χ4v) is 8.82. The van der Waals surface area contributed by atoms with Crippen LogP contribution in [0.4, 0.5) is 17.1 Å². The van der Waals surface area contributed by atoms with Gasteiger partial charge in [0.15, 0.2) is 0 Å². The quantitative estimate of drug-likeness (QED) is 0.187. The molecule has 246 valence electrons. The molecule has 0 aliphatic heterocycles. The highest BCUT2D eigenvalue weighted by atomic mass is 16.3. The Bertz CT molecular complexity index is 3070. The molecule has 0 fully saturated rings. The summed E-state index contributed by atoms with van der Waals surface area (Å²) in [5.41, 5.74) is 14.0. The maximum atomic E-state index is 6.90. The summed E-state index contributed by atoms with van der Waals surface area (Å²) >= 11 is 0. The number of benzene rings is 8. The first kappa shape index (κ1) is 29.2. The molecule has 8 aromatic carbocycles. The molecule has 0 amide bonds. The number of nitrogens with zero attached hydrogens (tertiary/aromatic N) is 1. The molecule has 1 aliphatic carbocycles. The molecule has 0 saturated heterocycles. The molecule has 1 aliphatic rings. The summed E-state index contributed by atoms with van der Waals surface area (Å²) in [5.74, 6) is 0. The second kappa shape index (κ2) is 10.7. The van der Waals surface area contributed by atoms with Gasteiger partial charge in [-0.2, -0.15) is 0 Å². The van der Waals surface area contributed by atoms with Crippen LogP contribution in [0.2, 0.25) is 0 Å². The molecule has 10 aromatic rings. The van der Waals surface area contributed by atoms with Crippen LogP contribution in [0.1, 0.15) is 25.0 Å². The highest BCUT2D eigenvalue weighted by molar-refractivity contribution is 6.18. The molecule has 3 nitrogen and oxygen atoms in total. The minimum atomic E-state index is -0.149. The normalized spacial score (nSPS) is 13.3. The predicted molar refractivity (Wildman–Crippen MR) is 216 cm³/mol. The van der Waals surface area contributed by atoms with Crippen molar-refractivity contribution in [1.82, 2.24) is 0 Å². The third-order valence-corrected chi connectivity index (χ3v) is 11.3. The molecule has 3 heteroatoms. The van der Waals surface area contributed by atoms with Gasteiger partial charge in [0.2, 0.25) is 0 Å². The van der Waals surface area contributed by atoms with E-state index in [4.69, 9.17) is 8.83 Å². The molecule has 0 unspecified atom stereocenters. The van der Waals surface area contributed by atoms with E-state index in [1.807, 2.05) is 6.07 Å². The fraction of sp³-hybridized carbons (Fsp3) is 0.0612. The van der Waals surface area contributed by atoms with E-state index in [9.17, 15) is 0 Å². The van der Waals surface area contributed by atoms with Crippen LogP contribution in [0.25, 0.3) is 76.9 Å². The van der Waals surface area contributed by atoms with Gasteiger partial charge in [-0.3, -0.25) is 0 Å². The lowest BCUT2D eigenvalue weighted by Crippen LogP contribution is -2.17. The Labute approximate surface area is 301 Å². The molecule has 0 atom stereocenters. The van der Waals surface area contributed by atoms with Crippen molar-refractivity contribution < 1.29 is 8.83 Å². The van der Waals surface area contributed by atoms with Crippen LogP contribution >= 0.6 is 0 Å². The van der Waals surface area contributed by atoms with Gasteiger partial charge >= 0.3 is 0 Å². The fourth-order valence-electron chi connectivity index (χ4n) is 8.82. The predicted octanol–water partition coefficient (Wildman–Crippen LogP) is 14.1. The Kier molecular flexibility index (Phi) is 6.01. The van der Waals surface area contributed by atoms with E-state index in [0.29, 0.717) is 0 Å². The molecule has 0 spiro atoms. The number of anilines is 3. The number of fused-ring (bicyclic) bond motifs is 11. The van der Waals surface area contributed by atoms with Gasteiger partial charge in [0, 0.05) is 43.8 Å². The van der Waals surface area contributed by atoms with Crippen LogP contribution in [-0.2, 0) is 5.41 Å². The van der Waals surface area contributed by atoms with Crippen molar-refractivity contribution in [1.29, 1.82) is 0 Å². The molecule has 0 bridgehead atoms. The van der Waals surface area contributed by atoms with Gasteiger partial charge in [-0.05, 0) is 70.1 Å². The molecule has 2 heterocycles. The van der Waals surface area contributed by atoms with Crippen LogP contribution in [0.3, 0.4) is 0 Å². The zero-order valence-electron chi connectivity index (χ0n) is 28.9. The lowest BCUT2D eigenvalue weighted by Gasteiger charge is -2.30. The van der Waals surface area contributed by atoms with Gasteiger partial charge in [-0.1, -0.05) is 135 Å². The molecule has 11 rings (SSSR count). The van der Waals surface area contributed by atoms with Gasteiger partial charge in [0.1, 0.15) is 22.3 Å². The first-order valence-corrected chi connectivity index (χ1v) is 17.9. The third kappa shape index (κ3) is 4.02. The standard InChI is InChI=1S/C49H33NO2/c1-49(2)40-20-8-5-15-33(40)34-28-26-31(29-41(34)49)50(43-22-12-24-45-46(43)39-17-7-10-23-44(39)51-45)42-21-9-6-16-35(42)36-18-11-19-37-38-27-25-30-13-3-4-14-32(30)47(38)52-48(36)37/h3-29H,1-2H3. The summed E-state index contributed by atoms with van der Waals surface area (Å²) in [5, 5.41) is 6.71. The summed E-state index contributed by atoms with van der Waals surface area (Å²) in [7, 11) is 0. The first-order valence-electron chi connectivity index (χ1n) is 17.9. The van der Waals surface area contributed by atoms with Crippen molar-refractivity contribution in [3.05, 3.63) is 175 Å². The Morgan fingerprint density at radius 2 is 1.08 bits per heavy atom. The van der Waals surface area contributed by atoms with E-state index in [1.165, 1.54) is 27.6 Å². The first-order chi connectivity index (χ1) is 25.6. The number of rotatable bonds is 4. The topological polar surface area (TPSA) is 29.5 Å². The maximum absolute atomic E-state index is 6.90. The number of hydrogen-bond donors (Lipinski definition) is 0. The number of hydrogen-bond acceptors (Lipinski definition) is 3. The van der Waals surface area contributed by atoms with Crippen LogP contribution in [0.15, 0.2) is 173 Å². The van der Waals surface area contributed by atoms with E-state index < -0.39 is 0 Å². The minimum Gasteiger partial charge on any atom is -0.456 e. The SMILES string of the molecule is CC1(C)c2ccccc2-c2ccc(N(c3ccccc3-c3cccc4c3oc3c5ccccc5ccc43)c3cccc4oc5ccccc5c34)cc21. The van der Waals surface area contributed by atoms with Gasteiger partial charge in [-0.15, -0.1) is 0 Å². The van der Waals surface area contributed by atoms with E-state index in [0.717, 1.165) is 77.5 Å². The Balaban J connectivity index is 1.20. The highest BCUT2D eigenvalue weighted by Gasteiger charge is 2.36. The van der Waals surface area contributed by atoms with Crippen molar-refractivity contribution in [3.63, 3.8) is 0 Å². The lowest BCUT2D eigenvalue weighted by molar-refractivity contribution is 0.660. The Morgan fingerprint density at radius 1 is 0.423 bits per heavy atom. The summed E-state index contributed by atoms with van der Waals surface area (Å²) in [6.45, 7) is 4.69. The summed E-state index contributed by atoms with van der Waals surface area (Å²) in [6, 6.07) is 58.7. The van der Waals surface area contributed by atoms with Crippen LogP contribution < -0.4 is 4.90 Å². The molecule has 2 aromatic heterocycles. The third-order valence-electron chi connectivity index (χ3n) is 11.3. The molecule has 0 saturated carbocycles. The van der Waals surface area contributed by atoms with Crippen molar-refractivity contribution in [2.24, 2.45) is 0 Å². The number of para-hydroxylation sites is 3. The average Bonchev–Trinajstić information content (AvgIpc) is 3.84. The molecule has 0 radical (unpaired) electrons. The van der Waals surface area contributed by atoms with E-state index in [1.54, 1.807) is 0 Å². The van der Waals surface area contributed by atoms with Gasteiger partial charge in [0.25, 0.3) is 0 Å². The second-order valence-corrected chi connectivity index (χ2v) is 14.4. The maximum Gasteiger partial charge on any atom is 0.143 e. The largest absolute Gasteiger partial charge is 0.456 e. The number of furan rings is 2. The average molecular weight is 668 g/mol. The van der Waals surface area contributed by atoms with Crippen molar-refractivity contribution in [3.8, 4) is 22.3 Å². The summed E-state index contributed by atoms with van der Waals surface area (Å²) in [6.07, 6.45) is 0. The lowest BCUT2D eigenvalue weighted by atomic mass is 9.82. The smallest absolute Gasteiger partial charge is 0.143 e.